The van der Waals surface area contributed by atoms with Crippen LogP contribution >= 0.6 is 0 Å². The van der Waals surface area contributed by atoms with Gasteiger partial charge < -0.3 is 18.8 Å². The zero-order valence-electron chi connectivity index (χ0n) is 15.4. The topological polar surface area (TPSA) is 77.7 Å². The summed E-state index contributed by atoms with van der Waals surface area (Å²) in [6.07, 6.45) is 4.73. The first kappa shape index (κ1) is 18.3. The van der Waals surface area contributed by atoms with E-state index in [1.165, 1.54) is 12.8 Å². The summed E-state index contributed by atoms with van der Waals surface area (Å²) in [5.41, 5.74) is 0. The van der Waals surface area contributed by atoms with Gasteiger partial charge in [-0.15, -0.1) is 10.2 Å². The van der Waals surface area contributed by atoms with E-state index in [0.717, 1.165) is 12.8 Å². The Labute approximate surface area is 149 Å². The number of carbonyl (C=O) groups is 1. The Bertz CT molecular complexity index is 574. The first-order chi connectivity index (χ1) is 12.0. The van der Waals surface area contributed by atoms with E-state index in [9.17, 15) is 4.79 Å². The van der Waals surface area contributed by atoms with Gasteiger partial charge in [0, 0.05) is 12.5 Å². The summed E-state index contributed by atoms with van der Waals surface area (Å²) in [5.74, 6) is 1.84. The van der Waals surface area contributed by atoms with E-state index in [1.807, 2.05) is 13.8 Å². The van der Waals surface area contributed by atoms with Crippen molar-refractivity contribution in [2.24, 2.45) is 5.92 Å². The van der Waals surface area contributed by atoms with Gasteiger partial charge in [0.15, 0.2) is 0 Å². The van der Waals surface area contributed by atoms with Gasteiger partial charge in [-0.05, 0) is 18.8 Å². The van der Waals surface area contributed by atoms with E-state index in [4.69, 9.17) is 13.9 Å². The number of rotatable bonds is 5. The van der Waals surface area contributed by atoms with Gasteiger partial charge in [0.1, 0.15) is 12.6 Å². The van der Waals surface area contributed by atoms with Crippen LogP contribution in [0.4, 0.5) is 0 Å². The molecule has 1 amide bonds. The van der Waals surface area contributed by atoms with Gasteiger partial charge >= 0.3 is 0 Å². The zero-order valence-corrected chi connectivity index (χ0v) is 15.4. The molecule has 2 aliphatic rings. The molecule has 0 radical (unpaired) electrons. The molecule has 3 rings (SSSR count). The molecule has 3 unspecified atom stereocenters. The molecule has 2 heterocycles. The monoisotopic (exact) mass is 351 g/mol. The molecule has 1 saturated carbocycles. The largest absolute Gasteiger partial charge is 0.423 e. The van der Waals surface area contributed by atoms with Gasteiger partial charge in [-0.2, -0.15) is 0 Å². The lowest BCUT2D eigenvalue weighted by atomic mass is 9.89. The van der Waals surface area contributed by atoms with E-state index in [2.05, 4.69) is 17.1 Å². The molecule has 0 N–H and O–H groups in total. The van der Waals surface area contributed by atoms with Crippen molar-refractivity contribution in [3.63, 3.8) is 0 Å². The maximum absolute atomic E-state index is 12.7. The number of hydrogen-bond donors (Lipinski definition) is 0. The lowest BCUT2D eigenvalue weighted by Gasteiger charge is -2.34. The first-order valence-corrected chi connectivity index (χ1v) is 9.36. The van der Waals surface area contributed by atoms with Gasteiger partial charge in [-0.3, -0.25) is 4.79 Å². The molecule has 1 aromatic heterocycles. The summed E-state index contributed by atoms with van der Waals surface area (Å²) < 4.78 is 17.2. The van der Waals surface area contributed by atoms with Crippen LogP contribution in [0.5, 0.6) is 0 Å². The standard InChI is InChI=1S/C18H29N3O4/c1-12(2)17-19-20-18(25-17)15-10-23-8-7-21(15)16(22)11-24-14-6-4-5-13(3)9-14/h12-15H,4-11H2,1-3H3. The maximum Gasteiger partial charge on any atom is 0.249 e. The second-order valence-electron chi connectivity index (χ2n) is 7.52. The van der Waals surface area contributed by atoms with Crippen LogP contribution < -0.4 is 0 Å². The highest BCUT2D eigenvalue weighted by Crippen LogP contribution is 2.27. The minimum atomic E-state index is -0.324. The maximum atomic E-state index is 12.7. The summed E-state index contributed by atoms with van der Waals surface area (Å²) in [6.45, 7) is 7.77. The summed E-state index contributed by atoms with van der Waals surface area (Å²) in [6, 6.07) is -0.324. The number of aromatic nitrogens is 2. The SMILES string of the molecule is CC1CCCC(OCC(=O)N2CCOCC2c2nnc(C(C)C)o2)C1. The molecule has 1 aliphatic carbocycles. The molecule has 1 aliphatic heterocycles. The van der Waals surface area contributed by atoms with Gasteiger partial charge in [-0.25, -0.2) is 0 Å². The molecular formula is C18H29N3O4. The van der Waals surface area contributed by atoms with Crippen molar-refractivity contribution in [1.82, 2.24) is 15.1 Å². The van der Waals surface area contributed by atoms with E-state index in [-0.39, 0.29) is 30.6 Å². The number of amides is 1. The Hall–Kier alpha value is -1.47. The molecule has 7 nitrogen and oxygen atoms in total. The van der Waals surface area contributed by atoms with Crippen molar-refractivity contribution in [1.29, 1.82) is 0 Å². The fourth-order valence-electron chi connectivity index (χ4n) is 3.52. The number of hydrogen-bond acceptors (Lipinski definition) is 6. The highest BCUT2D eigenvalue weighted by Gasteiger charge is 2.33. The average molecular weight is 351 g/mol. The second kappa shape index (κ2) is 8.27. The third-order valence-electron chi connectivity index (χ3n) is 5.01. The summed E-state index contributed by atoms with van der Waals surface area (Å²) in [5, 5.41) is 8.19. The van der Waals surface area contributed by atoms with Crippen LogP contribution in [-0.4, -0.2) is 53.5 Å². The molecule has 3 atom stereocenters. The summed E-state index contributed by atoms with van der Waals surface area (Å²) >= 11 is 0. The molecule has 1 saturated heterocycles. The van der Waals surface area contributed by atoms with Crippen LogP contribution in [-0.2, 0) is 14.3 Å². The smallest absolute Gasteiger partial charge is 0.249 e. The highest BCUT2D eigenvalue weighted by atomic mass is 16.5. The van der Waals surface area contributed by atoms with Crippen molar-refractivity contribution in [2.75, 3.05) is 26.4 Å². The second-order valence-corrected chi connectivity index (χ2v) is 7.52. The lowest BCUT2D eigenvalue weighted by molar-refractivity contribution is -0.149. The summed E-state index contributed by atoms with van der Waals surface area (Å²) in [7, 11) is 0. The van der Waals surface area contributed by atoms with E-state index in [1.54, 1.807) is 4.90 Å². The number of ether oxygens (including phenoxy) is 2. The van der Waals surface area contributed by atoms with Crippen LogP contribution in [0, 0.1) is 5.92 Å². The van der Waals surface area contributed by atoms with Crippen molar-refractivity contribution in [2.45, 2.75) is 64.5 Å². The van der Waals surface area contributed by atoms with Crippen molar-refractivity contribution < 1.29 is 18.7 Å². The highest BCUT2D eigenvalue weighted by molar-refractivity contribution is 5.78. The van der Waals surface area contributed by atoms with Crippen LogP contribution in [0.15, 0.2) is 4.42 Å². The van der Waals surface area contributed by atoms with Crippen LogP contribution in [0.2, 0.25) is 0 Å². The molecule has 0 aromatic carbocycles. The molecule has 25 heavy (non-hydrogen) atoms. The Morgan fingerprint density at radius 1 is 1.36 bits per heavy atom. The number of nitrogens with zero attached hydrogens (tertiary/aromatic N) is 3. The van der Waals surface area contributed by atoms with Crippen molar-refractivity contribution in [3.05, 3.63) is 11.8 Å². The van der Waals surface area contributed by atoms with Crippen molar-refractivity contribution in [3.8, 4) is 0 Å². The van der Waals surface area contributed by atoms with Gasteiger partial charge in [0.2, 0.25) is 17.7 Å². The van der Waals surface area contributed by atoms with E-state index < -0.39 is 0 Å². The number of carbonyl (C=O) groups excluding carboxylic acids is 1. The predicted molar refractivity (Wildman–Crippen MR) is 91.0 cm³/mol. The Morgan fingerprint density at radius 2 is 2.20 bits per heavy atom. The Balaban J connectivity index is 1.60. The molecule has 0 bridgehead atoms. The first-order valence-electron chi connectivity index (χ1n) is 9.36. The van der Waals surface area contributed by atoms with Crippen LogP contribution in [0.3, 0.4) is 0 Å². The average Bonchev–Trinajstić information content (AvgIpc) is 3.10. The Morgan fingerprint density at radius 3 is 2.92 bits per heavy atom. The van der Waals surface area contributed by atoms with Crippen molar-refractivity contribution >= 4 is 5.91 Å². The molecule has 2 fully saturated rings. The third-order valence-corrected chi connectivity index (χ3v) is 5.01. The minimum Gasteiger partial charge on any atom is -0.423 e. The lowest BCUT2D eigenvalue weighted by Crippen LogP contribution is -2.45. The predicted octanol–water partition coefficient (Wildman–Crippen LogP) is 2.69. The fourth-order valence-corrected chi connectivity index (χ4v) is 3.52. The van der Waals surface area contributed by atoms with E-state index >= 15 is 0 Å². The third kappa shape index (κ3) is 4.58. The molecule has 1 aromatic rings. The van der Waals surface area contributed by atoms with E-state index in [0.29, 0.717) is 37.5 Å². The quantitative estimate of drug-likeness (QED) is 0.812. The minimum absolute atomic E-state index is 0.0316. The zero-order chi connectivity index (χ0) is 17.8. The fraction of sp³-hybridized carbons (Fsp3) is 0.833. The Kier molecular flexibility index (Phi) is 6.06. The normalized spacial score (nSPS) is 27.7. The molecule has 0 spiro atoms. The molecule has 7 heteroatoms. The molecular weight excluding hydrogens is 322 g/mol. The van der Waals surface area contributed by atoms with Crippen LogP contribution in [0.25, 0.3) is 0 Å². The summed E-state index contributed by atoms with van der Waals surface area (Å²) in [4.78, 5) is 14.5. The van der Waals surface area contributed by atoms with Crippen LogP contribution in [0.1, 0.15) is 70.2 Å². The van der Waals surface area contributed by atoms with Gasteiger partial charge in [0.05, 0.1) is 19.3 Å². The van der Waals surface area contributed by atoms with Gasteiger partial charge in [-0.1, -0.05) is 33.6 Å². The molecule has 140 valence electrons. The number of morpholine rings is 1. The van der Waals surface area contributed by atoms with Gasteiger partial charge in [0.25, 0.3) is 0 Å².